The van der Waals surface area contributed by atoms with Crippen LogP contribution in [0, 0.1) is 5.92 Å². The second kappa shape index (κ2) is 6.44. The Morgan fingerprint density at radius 3 is 2.60 bits per heavy atom. The number of hydrogen-bond acceptors (Lipinski definition) is 2. The molecule has 0 radical (unpaired) electrons. The molecule has 0 aromatic rings. The fourth-order valence-electron chi connectivity index (χ4n) is 2.90. The van der Waals surface area contributed by atoms with Crippen molar-refractivity contribution in [3.05, 3.63) is 24.3 Å². The third kappa shape index (κ3) is 4.20. The van der Waals surface area contributed by atoms with Gasteiger partial charge in [-0.25, -0.2) is 0 Å². The van der Waals surface area contributed by atoms with E-state index < -0.39 is 0 Å². The predicted octanol–water partition coefficient (Wildman–Crippen LogP) is 4.65. The molecule has 0 saturated carbocycles. The summed E-state index contributed by atoms with van der Waals surface area (Å²) in [6.07, 6.45) is 14.8. The fourth-order valence-corrected chi connectivity index (χ4v) is 2.90. The van der Waals surface area contributed by atoms with Gasteiger partial charge in [-0.2, -0.15) is 0 Å². The molecule has 2 heteroatoms. The van der Waals surface area contributed by atoms with Crippen molar-refractivity contribution in [2.24, 2.45) is 5.92 Å². The molecule has 2 nitrogen and oxygen atoms in total. The van der Waals surface area contributed by atoms with E-state index in [0.717, 1.165) is 25.9 Å². The van der Waals surface area contributed by atoms with Gasteiger partial charge in [-0.3, -0.25) is 0 Å². The SMILES string of the molecule is CCC1(OCCC(C)CCC2OC2(C)C)C=CC=CC1. The lowest BCUT2D eigenvalue weighted by Gasteiger charge is -2.31. The summed E-state index contributed by atoms with van der Waals surface area (Å²) in [5.41, 5.74) is 0.0950. The van der Waals surface area contributed by atoms with Crippen molar-refractivity contribution < 1.29 is 9.47 Å². The maximum absolute atomic E-state index is 6.18. The van der Waals surface area contributed by atoms with E-state index in [9.17, 15) is 0 Å². The molecular formula is C18H30O2. The molecule has 1 saturated heterocycles. The van der Waals surface area contributed by atoms with Gasteiger partial charge >= 0.3 is 0 Å². The van der Waals surface area contributed by atoms with Crippen LogP contribution in [0.3, 0.4) is 0 Å². The van der Waals surface area contributed by atoms with Crippen LogP contribution in [0.2, 0.25) is 0 Å². The van der Waals surface area contributed by atoms with Gasteiger partial charge in [0, 0.05) is 6.61 Å². The lowest BCUT2D eigenvalue weighted by Crippen LogP contribution is -2.30. The largest absolute Gasteiger partial charge is 0.371 e. The standard InChI is InChI=1S/C18H30O2/c1-5-18(12-7-6-8-13-18)19-14-11-15(2)9-10-16-17(3,4)20-16/h6-8,12,15-16H,5,9-11,13-14H2,1-4H3. The van der Waals surface area contributed by atoms with Crippen molar-refractivity contribution in [3.8, 4) is 0 Å². The number of rotatable bonds is 8. The Morgan fingerprint density at radius 1 is 1.30 bits per heavy atom. The van der Waals surface area contributed by atoms with E-state index >= 15 is 0 Å². The molecule has 2 rings (SSSR count). The van der Waals surface area contributed by atoms with Crippen LogP contribution in [0.25, 0.3) is 0 Å². The summed E-state index contributed by atoms with van der Waals surface area (Å²) in [6, 6.07) is 0. The molecule has 1 aliphatic carbocycles. The third-order valence-corrected chi connectivity index (χ3v) is 4.79. The Balaban J connectivity index is 1.62. The zero-order valence-corrected chi connectivity index (χ0v) is 13.5. The molecule has 1 fully saturated rings. The average molecular weight is 278 g/mol. The minimum atomic E-state index is -0.0456. The topological polar surface area (TPSA) is 21.8 Å². The molecule has 3 unspecified atom stereocenters. The van der Waals surface area contributed by atoms with Crippen LogP contribution in [0.15, 0.2) is 24.3 Å². The van der Waals surface area contributed by atoms with Crippen LogP contribution in [-0.4, -0.2) is 23.9 Å². The average Bonchev–Trinajstić information content (AvgIpc) is 3.05. The Bertz CT molecular complexity index is 370. The summed E-state index contributed by atoms with van der Waals surface area (Å²) in [7, 11) is 0. The third-order valence-electron chi connectivity index (χ3n) is 4.79. The van der Waals surface area contributed by atoms with Gasteiger partial charge in [0.05, 0.1) is 17.3 Å². The zero-order chi connectivity index (χ0) is 14.6. The van der Waals surface area contributed by atoms with Gasteiger partial charge in [-0.1, -0.05) is 38.2 Å². The zero-order valence-electron chi connectivity index (χ0n) is 13.5. The molecule has 0 bridgehead atoms. The highest BCUT2D eigenvalue weighted by Gasteiger charge is 2.46. The van der Waals surface area contributed by atoms with E-state index in [1.54, 1.807) is 0 Å². The Labute approximate surface area is 124 Å². The molecule has 2 aliphatic rings. The highest BCUT2D eigenvalue weighted by Crippen LogP contribution is 2.39. The van der Waals surface area contributed by atoms with Gasteiger partial charge in [0.25, 0.3) is 0 Å². The highest BCUT2D eigenvalue weighted by atomic mass is 16.6. The minimum Gasteiger partial charge on any atom is -0.371 e. The Hall–Kier alpha value is -0.600. The van der Waals surface area contributed by atoms with Gasteiger partial charge in [-0.05, 0) is 51.9 Å². The maximum Gasteiger partial charge on any atom is 0.0897 e. The Kier molecular flexibility index (Phi) is 5.09. The smallest absolute Gasteiger partial charge is 0.0897 e. The van der Waals surface area contributed by atoms with Gasteiger partial charge in [0.2, 0.25) is 0 Å². The molecule has 1 aliphatic heterocycles. The first kappa shape index (κ1) is 15.8. The molecule has 20 heavy (non-hydrogen) atoms. The first-order valence-electron chi connectivity index (χ1n) is 8.13. The highest BCUT2D eigenvalue weighted by molar-refractivity contribution is 5.18. The quantitative estimate of drug-likeness (QED) is 0.603. The molecule has 0 N–H and O–H groups in total. The summed E-state index contributed by atoms with van der Waals surface area (Å²) in [4.78, 5) is 0. The summed E-state index contributed by atoms with van der Waals surface area (Å²) in [5, 5.41) is 0. The van der Waals surface area contributed by atoms with Crippen LogP contribution < -0.4 is 0 Å². The first-order valence-corrected chi connectivity index (χ1v) is 8.13. The number of ether oxygens (including phenoxy) is 2. The van der Waals surface area contributed by atoms with E-state index in [1.807, 2.05) is 0 Å². The van der Waals surface area contributed by atoms with Crippen molar-refractivity contribution >= 4 is 0 Å². The van der Waals surface area contributed by atoms with E-state index in [-0.39, 0.29) is 11.2 Å². The molecule has 0 aromatic heterocycles. The normalized spacial score (nSPS) is 32.3. The molecule has 0 amide bonds. The van der Waals surface area contributed by atoms with Gasteiger partial charge in [0.1, 0.15) is 0 Å². The summed E-state index contributed by atoms with van der Waals surface area (Å²) >= 11 is 0. The van der Waals surface area contributed by atoms with Crippen molar-refractivity contribution in [2.75, 3.05) is 6.61 Å². The Morgan fingerprint density at radius 2 is 2.05 bits per heavy atom. The predicted molar refractivity (Wildman–Crippen MR) is 83.8 cm³/mol. The van der Waals surface area contributed by atoms with E-state index in [2.05, 4.69) is 52.0 Å². The lowest BCUT2D eigenvalue weighted by atomic mass is 9.92. The minimum absolute atomic E-state index is 0.0456. The van der Waals surface area contributed by atoms with Crippen LogP contribution >= 0.6 is 0 Å². The summed E-state index contributed by atoms with van der Waals surface area (Å²) < 4.78 is 11.8. The van der Waals surface area contributed by atoms with E-state index in [1.165, 1.54) is 12.8 Å². The molecule has 114 valence electrons. The number of allylic oxidation sites excluding steroid dienone is 2. The van der Waals surface area contributed by atoms with Crippen LogP contribution in [0.4, 0.5) is 0 Å². The first-order chi connectivity index (χ1) is 9.47. The van der Waals surface area contributed by atoms with Crippen molar-refractivity contribution in [1.29, 1.82) is 0 Å². The molecule has 0 aromatic carbocycles. The molecule has 1 heterocycles. The molecule has 3 atom stereocenters. The number of hydrogen-bond donors (Lipinski definition) is 0. The van der Waals surface area contributed by atoms with Crippen LogP contribution in [-0.2, 0) is 9.47 Å². The fraction of sp³-hybridized carbons (Fsp3) is 0.778. The maximum atomic E-state index is 6.18. The summed E-state index contributed by atoms with van der Waals surface area (Å²) in [6.45, 7) is 9.76. The van der Waals surface area contributed by atoms with E-state index in [4.69, 9.17) is 9.47 Å². The van der Waals surface area contributed by atoms with Crippen molar-refractivity contribution in [3.63, 3.8) is 0 Å². The lowest BCUT2D eigenvalue weighted by molar-refractivity contribution is -0.0157. The van der Waals surface area contributed by atoms with Crippen molar-refractivity contribution in [1.82, 2.24) is 0 Å². The van der Waals surface area contributed by atoms with Gasteiger partial charge < -0.3 is 9.47 Å². The van der Waals surface area contributed by atoms with E-state index in [0.29, 0.717) is 12.0 Å². The second-order valence-corrected chi connectivity index (χ2v) is 6.94. The van der Waals surface area contributed by atoms with Crippen LogP contribution in [0.1, 0.15) is 59.8 Å². The van der Waals surface area contributed by atoms with Crippen molar-refractivity contribution in [2.45, 2.75) is 77.1 Å². The monoisotopic (exact) mass is 278 g/mol. The second-order valence-electron chi connectivity index (χ2n) is 6.94. The van der Waals surface area contributed by atoms with Gasteiger partial charge in [-0.15, -0.1) is 0 Å². The molecular weight excluding hydrogens is 248 g/mol. The van der Waals surface area contributed by atoms with Gasteiger partial charge in [0.15, 0.2) is 0 Å². The summed E-state index contributed by atoms with van der Waals surface area (Å²) in [5.74, 6) is 0.715. The van der Waals surface area contributed by atoms with Crippen LogP contribution in [0.5, 0.6) is 0 Å². The molecule has 0 spiro atoms. The number of epoxide rings is 1.